The van der Waals surface area contributed by atoms with Crippen LogP contribution >= 0.6 is 12.2 Å². The van der Waals surface area contributed by atoms with Gasteiger partial charge in [0.1, 0.15) is 0 Å². The SMILES string of the molecule is Cc1cc(C)c2[nH]c(=O)c(CN(Cc3ccc4c(c3)OCO4)C(=S)NCCCN(C)C)cc2c1. The molecule has 4 rings (SSSR count). The largest absolute Gasteiger partial charge is 0.454 e. The van der Waals surface area contributed by atoms with Crippen molar-refractivity contribution >= 4 is 28.2 Å². The molecule has 2 N–H and O–H groups in total. The number of aromatic nitrogens is 1. The summed E-state index contributed by atoms with van der Waals surface area (Å²) in [5, 5.41) is 5.02. The first-order valence-corrected chi connectivity index (χ1v) is 11.9. The lowest BCUT2D eigenvalue weighted by Crippen LogP contribution is -2.40. The van der Waals surface area contributed by atoms with Gasteiger partial charge in [0.05, 0.1) is 12.1 Å². The summed E-state index contributed by atoms with van der Waals surface area (Å²) in [5.74, 6) is 1.48. The molecule has 34 heavy (non-hydrogen) atoms. The molecule has 0 unspecified atom stereocenters. The average molecular weight is 481 g/mol. The van der Waals surface area contributed by atoms with E-state index in [1.807, 2.05) is 36.1 Å². The quantitative estimate of drug-likeness (QED) is 0.376. The summed E-state index contributed by atoms with van der Waals surface area (Å²) in [5.41, 5.74) is 4.73. The highest BCUT2D eigenvalue weighted by Crippen LogP contribution is 2.33. The van der Waals surface area contributed by atoms with Gasteiger partial charge in [0.25, 0.3) is 5.56 Å². The number of fused-ring (bicyclic) bond motifs is 2. The fourth-order valence-electron chi connectivity index (χ4n) is 4.22. The van der Waals surface area contributed by atoms with Crippen molar-refractivity contribution in [1.29, 1.82) is 0 Å². The van der Waals surface area contributed by atoms with Gasteiger partial charge in [0.2, 0.25) is 6.79 Å². The Hall–Kier alpha value is -3.10. The normalized spacial score (nSPS) is 12.4. The maximum atomic E-state index is 13.0. The van der Waals surface area contributed by atoms with E-state index in [1.54, 1.807) is 0 Å². The molecule has 1 aromatic heterocycles. The molecule has 0 saturated heterocycles. The number of aromatic amines is 1. The molecule has 0 atom stereocenters. The zero-order chi connectivity index (χ0) is 24.2. The highest BCUT2D eigenvalue weighted by Gasteiger charge is 2.18. The molecule has 0 amide bonds. The number of ether oxygens (including phenoxy) is 2. The first-order chi connectivity index (χ1) is 16.3. The Morgan fingerprint density at radius 2 is 1.88 bits per heavy atom. The number of nitrogens with one attached hydrogen (secondary N) is 2. The molecule has 7 nitrogen and oxygen atoms in total. The third-order valence-corrected chi connectivity index (χ3v) is 6.29. The Labute approximate surface area is 205 Å². The number of hydrogen-bond acceptors (Lipinski definition) is 5. The van der Waals surface area contributed by atoms with Crippen LogP contribution in [-0.2, 0) is 13.1 Å². The number of aryl methyl sites for hydroxylation is 2. The van der Waals surface area contributed by atoms with E-state index in [2.05, 4.69) is 48.4 Å². The molecule has 3 aromatic rings. The summed E-state index contributed by atoms with van der Waals surface area (Å²) in [7, 11) is 4.11. The van der Waals surface area contributed by atoms with Crippen molar-refractivity contribution in [3.8, 4) is 11.5 Å². The van der Waals surface area contributed by atoms with Crippen molar-refractivity contribution < 1.29 is 9.47 Å². The molecule has 0 fully saturated rings. The number of nitrogens with zero attached hydrogens (tertiary/aromatic N) is 2. The Morgan fingerprint density at radius 3 is 2.68 bits per heavy atom. The van der Waals surface area contributed by atoms with Crippen LogP contribution in [0.4, 0.5) is 0 Å². The van der Waals surface area contributed by atoms with Crippen molar-refractivity contribution in [3.63, 3.8) is 0 Å². The third kappa shape index (κ3) is 5.69. The Kier molecular flexibility index (Phi) is 7.38. The summed E-state index contributed by atoms with van der Waals surface area (Å²) in [6.07, 6.45) is 0.972. The fourth-order valence-corrected chi connectivity index (χ4v) is 4.45. The lowest BCUT2D eigenvalue weighted by molar-refractivity contribution is 0.174. The fraction of sp³-hybridized carbons (Fsp3) is 0.385. The van der Waals surface area contributed by atoms with Crippen LogP contribution in [0.1, 0.15) is 28.7 Å². The molecule has 0 saturated carbocycles. The van der Waals surface area contributed by atoms with Gasteiger partial charge in [0, 0.05) is 18.7 Å². The van der Waals surface area contributed by atoms with E-state index in [0.717, 1.165) is 53.0 Å². The third-order valence-electron chi connectivity index (χ3n) is 5.89. The van der Waals surface area contributed by atoms with Gasteiger partial charge in [-0.3, -0.25) is 4.79 Å². The Bertz CT molecular complexity index is 1250. The van der Waals surface area contributed by atoms with E-state index in [-0.39, 0.29) is 12.4 Å². The molecule has 8 heteroatoms. The summed E-state index contributed by atoms with van der Waals surface area (Å²) >= 11 is 5.77. The second kappa shape index (κ2) is 10.4. The number of H-pyrrole nitrogens is 1. The van der Waals surface area contributed by atoms with Gasteiger partial charge in [-0.05, 0) is 93.9 Å². The predicted molar refractivity (Wildman–Crippen MR) is 140 cm³/mol. The second-order valence-corrected chi connectivity index (χ2v) is 9.49. The zero-order valence-electron chi connectivity index (χ0n) is 20.2. The lowest BCUT2D eigenvalue weighted by atomic mass is 10.0. The van der Waals surface area contributed by atoms with Crippen LogP contribution in [0.3, 0.4) is 0 Å². The first-order valence-electron chi connectivity index (χ1n) is 11.5. The molecule has 0 aliphatic carbocycles. The van der Waals surface area contributed by atoms with E-state index < -0.39 is 0 Å². The van der Waals surface area contributed by atoms with Crippen molar-refractivity contribution in [2.75, 3.05) is 34.0 Å². The van der Waals surface area contributed by atoms with E-state index in [4.69, 9.17) is 21.7 Å². The van der Waals surface area contributed by atoms with Crippen LogP contribution in [0, 0.1) is 13.8 Å². The Morgan fingerprint density at radius 1 is 1.09 bits per heavy atom. The molecule has 1 aliphatic heterocycles. The minimum atomic E-state index is -0.0921. The number of benzene rings is 2. The molecule has 2 heterocycles. The van der Waals surface area contributed by atoms with Crippen LogP contribution < -0.4 is 20.3 Å². The predicted octanol–water partition coefficient (Wildman–Crippen LogP) is 3.70. The molecular weight excluding hydrogens is 448 g/mol. The topological polar surface area (TPSA) is 69.8 Å². The van der Waals surface area contributed by atoms with Crippen molar-refractivity contribution in [2.45, 2.75) is 33.4 Å². The minimum Gasteiger partial charge on any atom is -0.454 e. The van der Waals surface area contributed by atoms with Crippen molar-refractivity contribution in [3.05, 3.63) is 69.0 Å². The van der Waals surface area contributed by atoms with Gasteiger partial charge < -0.3 is 29.6 Å². The van der Waals surface area contributed by atoms with E-state index in [9.17, 15) is 4.79 Å². The van der Waals surface area contributed by atoms with Gasteiger partial charge in [-0.15, -0.1) is 0 Å². The number of hydrogen-bond donors (Lipinski definition) is 2. The lowest BCUT2D eigenvalue weighted by Gasteiger charge is -2.26. The van der Waals surface area contributed by atoms with Crippen LogP contribution in [0.25, 0.3) is 10.9 Å². The molecule has 2 aromatic carbocycles. The van der Waals surface area contributed by atoms with Gasteiger partial charge >= 0.3 is 0 Å². The van der Waals surface area contributed by atoms with Crippen LogP contribution in [0.5, 0.6) is 11.5 Å². The maximum absolute atomic E-state index is 13.0. The van der Waals surface area contributed by atoms with Gasteiger partial charge in [-0.1, -0.05) is 17.7 Å². The monoisotopic (exact) mass is 480 g/mol. The van der Waals surface area contributed by atoms with Crippen LogP contribution in [0.2, 0.25) is 0 Å². The van der Waals surface area contributed by atoms with Crippen molar-refractivity contribution in [2.24, 2.45) is 0 Å². The van der Waals surface area contributed by atoms with E-state index in [1.165, 1.54) is 5.56 Å². The standard InChI is InChI=1S/C26H32N4O3S/c1-17-10-18(2)24-20(11-17)13-21(25(31)28-24)15-30(26(34)27-8-5-9-29(3)4)14-19-6-7-22-23(12-19)33-16-32-22/h6-7,10-13H,5,8-9,14-16H2,1-4H3,(H,27,34)(H,28,31). The summed E-state index contributed by atoms with van der Waals surface area (Å²) in [6.45, 7) is 6.99. The molecule has 1 aliphatic rings. The zero-order valence-corrected chi connectivity index (χ0v) is 21.1. The summed E-state index contributed by atoms with van der Waals surface area (Å²) in [4.78, 5) is 20.2. The Balaban J connectivity index is 1.59. The molecule has 180 valence electrons. The van der Waals surface area contributed by atoms with Crippen LogP contribution in [0.15, 0.2) is 41.2 Å². The number of thiocarbonyl (C=S) groups is 1. The smallest absolute Gasteiger partial charge is 0.253 e. The number of pyridine rings is 1. The average Bonchev–Trinajstić information content (AvgIpc) is 3.25. The molecule has 0 bridgehead atoms. The van der Waals surface area contributed by atoms with Crippen LogP contribution in [-0.4, -0.2) is 53.9 Å². The minimum absolute atomic E-state index is 0.0921. The summed E-state index contributed by atoms with van der Waals surface area (Å²) in [6, 6.07) is 12.1. The van der Waals surface area contributed by atoms with Crippen molar-refractivity contribution in [1.82, 2.24) is 20.1 Å². The highest BCUT2D eigenvalue weighted by molar-refractivity contribution is 7.80. The molecular formula is C26H32N4O3S. The molecule has 0 spiro atoms. The van der Waals surface area contributed by atoms with E-state index >= 15 is 0 Å². The molecule has 0 radical (unpaired) electrons. The maximum Gasteiger partial charge on any atom is 0.253 e. The first kappa shape index (κ1) is 24.0. The van der Waals surface area contributed by atoms with Gasteiger partial charge in [-0.25, -0.2) is 0 Å². The second-order valence-electron chi connectivity index (χ2n) is 9.10. The van der Waals surface area contributed by atoms with Gasteiger partial charge in [0.15, 0.2) is 16.6 Å². The van der Waals surface area contributed by atoms with E-state index in [0.29, 0.717) is 23.8 Å². The highest BCUT2D eigenvalue weighted by atomic mass is 32.1. The number of rotatable bonds is 8. The summed E-state index contributed by atoms with van der Waals surface area (Å²) < 4.78 is 11.0. The van der Waals surface area contributed by atoms with Gasteiger partial charge in [-0.2, -0.15) is 0 Å².